The van der Waals surface area contributed by atoms with Gasteiger partial charge in [0.1, 0.15) is 54.6 Å². The molecule has 2 fully saturated rings. The van der Waals surface area contributed by atoms with Crippen LogP contribution in [0.5, 0.6) is 0 Å². The molecule has 4 heterocycles. The van der Waals surface area contributed by atoms with Crippen LogP contribution in [0.25, 0.3) is 11.2 Å². The minimum absolute atomic E-state index is 0. The fraction of sp³-hybridized carbons (Fsp3) is 0.688. The predicted octanol–water partition coefficient (Wildman–Crippen LogP) is -7.67. The van der Waals surface area contributed by atoms with E-state index in [4.69, 9.17) is 24.8 Å². The topological polar surface area (TPSA) is 268 Å². The summed E-state index contributed by atoms with van der Waals surface area (Å²) in [6.45, 7) is -1.60. The van der Waals surface area contributed by atoms with E-state index >= 15 is 0 Å². The van der Waals surface area contributed by atoms with E-state index < -0.39 is 76.3 Å². The van der Waals surface area contributed by atoms with Gasteiger partial charge in [-0.2, -0.15) is 0 Å². The first-order valence-electron chi connectivity index (χ1n) is 9.93. The molecule has 0 saturated carbocycles. The van der Waals surface area contributed by atoms with Gasteiger partial charge in [0.05, 0.1) is 19.5 Å². The number of rotatable bonds is 7. The van der Waals surface area contributed by atoms with Gasteiger partial charge in [0.2, 0.25) is 0 Å². The number of hydrogen-bond donors (Lipinski definition) is 7. The Morgan fingerprint density at radius 2 is 1.71 bits per heavy atom. The van der Waals surface area contributed by atoms with Gasteiger partial charge >= 0.3 is 18.9 Å². The fourth-order valence-corrected chi connectivity index (χ4v) is 4.45. The number of aliphatic hydroxyl groups is 6. The Labute approximate surface area is 208 Å². The van der Waals surface area contributed by atoms with Crippen molar-refractivity contribution < 1.29 is 77.5 Å². The van der Waals surface area contributed by atoms with E-state index in [1.54, 1.807) is 0 Å². The number of anilines is 1. The fourth-order valence-electron chi connectivity index (χ4n) is 3.63. The number of nitrogens with two attached hydrogens (primary N) is 1. The van der Waals surface area contributed by atoms with E-state index in [1.807, 2.05) is 0 Å². The molecule has 190 valence electrons. The standard InChI is InChI=1S/C16H24N5O12P.Li/c17-13-7-14(19-3-18-13)21(4-20-7)15-11(26)9(24)6(31-15)2-30-34(28,29)33-16-12(27)10(25)8(23)5(1-22)32-16;/h3-6,8-12,15-16,22-27H,1-2H2,(H,28,29)(H2,17,18,19);/q;+1/p-1/t5-,6-,8+,9-,10+,11-,12-,15-,16-;/m1./s1. The van der Waals surface area contributed by atoms with Crippen molar-refractivity contribution in [1.29, 1.82) is 0 Å². The van der Waals surface area contributed by atoms with Crippen LogP contribution < -0.4 is 29.5 Å². The van der Waals surface area contributed by atoms with Crippen LogP contribution in [0.4, 0.5) is 5.82 Å². The number of phosphoric acid groups is 1. The Kier molecular flexibility index (Phi) is 8.90. The predicted molar refractivity (Wildman–Crippen MR) is 104 cm³/mol. The summed E-state index contributed by atoms with van der Waals surface area (Å²) in [5.74, 6) is 0.0781. The molecule has 0 bridgehead atoms. The van der Waals surface area contributed by atoms with Crippen molar-refractivity contribution in [3.05, 3.63) is 12.7 Å². The molecule has 2 aromatic rings. The zero-order valence-corrected chi connectivity index (χ0v) is 19.1. The molecule has 2 aliphatic heterocycles. The maximum Gasteiger partial charge on any atom is 1.00 e. The van der Waals surface area contributed by atoms with Gasteiger partial charge in [-0.3, -0.25) is 13.7 Å². The second-order valence-electron chi connectivity index (χ2n) is 7.67. The monoisotopic (exact) mass is 515 g/mol. The SMILES string of the molecule is Nc1ncnc2c1ncn2[C@@H]1O[C@H](COP(=O)([O-])O[C@H]2O[C@H](CO)[C@H](O)[C@H](O)[C@H]2O)[C@@H](O)[C@H]1O.[Li+]. The van der Waals surface area contributed by atoms with Crippen LogP contribution in [-0.4, -0.2) is 112 Å². The molecule has 4 rings (SSSR count). The molecule has 2 aliphatic rings. The van der Waals surface area contributed by atoms with Crippen molar-refractivity contribution in [1.82, 2.24) is 19.5 Å². The Morgan fingerprint density at radius 3 is 2.40 bits per heavy atom. The molecule has 2 saturated heterocycles. The van der Waals surface area contributed by atoms with Crippen LogP contribution in [0.3, 0.4) is 0 Å². The van der Waals surface area contributed by atoms with Crippen molar-refractivity contribution >= 4 is 24.8 Å². The molecule has 0 spiro atoms. The Bertz CT molecular complexity index is 1060. The second kappa shape index (κ2) is 11.0. The molecule has 10 atom stereocenters. The van der Waals surface area contributed by atoms with Gasteiger partial charge in [-0.25, -0.2) is 15.0 Å². The number of aliphatic hydroxyl groups excluding tert-OH is 6. The maximum absolute atomic E-state index is 12.2. The van der Waals surface area contributed by atoms with Crippen LogP contribution in [0.1, 0.15) is 6.23 Å². The maximum atomic E-state index is 12.2. The molecule has 0 aliphatic carbocycles. The number of nitrogens with zero attached hydrogens (tertiary/aromatic N) is 4. The molecule has 19 heteroatoms. The Morgan fingerprint density at radius 1 is 1.03 bits per heavy atom. The third-order valence-corrected chi connectivity index (χ3v) is 6.41. The third kappa shape index (κ3) is 5.54. The molecule has 1 unspecified atom stereocenters. The third-order valence-electron chi connectivity index (χ3n) is 5.48. The normalized spacial score (nSPS) is 37.2. The Balaban J connectivity index is 0.00000342. The molecule has 8 N–H and O–H groups in total. The number of nitrogen functional groups attached to an aromatic ring is 1. The van der Waals surface area contributed by atoms with E-state index in [2.05, 4.69) is 19.5 Å². The summed E-state index contributed by atoms with van der Waals surface area (Å²) in [6.07, 6.45) is -12.2. The molecular weight excluding hydrogens is 492 g/mol. The number of aromatic nitrogens is 4. The van der Waals surface area contributed by atoms with E-state index in [0.29, 0.717) is 0 Å². The average molecular weight is 515 g/mol. The van der Waals surface area contributed by atoms with E-state index in [-0.39, 0.29) is 35.8 Å². The van der Waals surface area contributed by atoms with Gasteiger partial charge in [-0.05, 0) is 0 Å². The first-order valence-corrected chi connectivity index (χ1v) is 11.4. The van der Waals surface area contributed by atoms with Gasteiger partial charge < -0.3 is 55.3 Å². The van der Waals surface area contributed by atoms with Crippen LogP contribution in [-0.2, 0) is 23.1 Å². The minimum atomic E-state index is -5.24. The smallest absolute Gasteiger partial charge is 0.756 e. The summed E-state index contributed by atoms with van der Waals surface area (Å²) in [4.78, 5) is 24.1. The van der Waals surface area contributed by atoms with Gasteiger partial charge in [-0.15, -0.1) is 0 Å². The summed E-state index contributed by atoms with van der Waals surface area (Å²) in [5.41, 5.74) is 6.15. The quantitative estimate of drug-likeness (QED) is 0.133. The van der Waals surface area contributed by atoms with Gasteiger partial charge in [0, 0.05) is 0 Å². The summed E-state index contributed by atoms with van der Waals surface area (Å²) in [5, 5.41) is 59.3. The zero-order chi connectivity index (χ0) is 24.8. The molecular formula is C16H23LiN5O12P. The summed E-state index contributed by atoms with van der Waals surface area (Å²) in [6, 6.07) is 0. The summed E-state index contributed by atoms with van der Waals surface area (Å²) >= 11 is 0. The number of hydrogen-bond acceptors (Lipinski definition) is 16. The molecule has 0 radical (unpaired) electrons. The van der Waals surface area contributed by atoms with E-state index in [0.717, 1.165) is 6.33 Å². The summed E-state index contributed by atoms with van der Waals surface area (Å²) in [7, 11) is -5.24. The number of fused-ring (bicyclic) bond motifs is 1. The first kappa shape index (κ1) is 28.3. The van der Waals surface area contributed by atoms with Crippen LogP contribution in [0.15, 0.2) is 12.7 Å². The van der Waals surface area contributed by atoms with Gasteiger partial charge in [-0.1, -0.05) is 0 Å². The molecule has 0 amide bonds. The Hall–Kier alpha value is -1.26. The zero-order valence-electron chi connectivity index (χ0n) is 18.2. The van der Waals surface area contributed by atoms with Crippen molar-refractivity contribution in [3.8, 4) is 0 Å². The second-order valence-corrected chi connectivity index (χ2v) is 9.04. The largest absolute Gasteiger partial charge is 1.00 e. The van der Waals surface area contributed by atoms with Crippen molar-refractivity contribution in [2.45, 2.75) is 55.2 Å². The number of imidazole rings is 1. The van der Waals surface area contributed by atoms with E-state index in [1.165, 1.54) is 10.9 Å². The van der Waals surface area contributed by atoms with Crippen molar-refractivity contribution in [3.63, 3.8) is 0 Å². The van der Waals surface area contributed by atoms with Gasteiger partial charge in [0.25, 0.3) is 7.82 Å². The van der Waals surface area contributed by atoms with Crippen LogP contribution >= 0.6 is 7.82 Å². The average Bonchev–Trinajstić information content (AvgIpc) is 3.35. The van der Waals surface area contributed by atoms with Crippen molar-refractivity contribution in [2.24, 2.45) is 0 Å². The molecule has 17 nitrogen and oxygen atoms in total. The molecule has 0 aromatic carbocycles. The van der Waals surface area contributed by atoms with E-state index in [9.17, 15) is 35.0 Å². The number of ether oxygens (including phenoxy) is 2. The van der Waals surface area contributed by atoms with Crippen LogP contribution in [0, 0.1) is 0 Å². The minimum Gasteiger partial charge on any atom is -0.756 e. The van der Waals surface area contributed by atoms with Gasteiger partial charge in [0.15, 0.2) is 24.0 Å². The summed E-state index contributed by atoms with van der Waals surface area (Å²) < 4.78 is 33.3. The first-order chi connectivity index (χ1) is 16.0. The van der Waals surface area contributed by atoms with Crippen LogP contribution in [0.2, 0.25) is 0 Å². The van der Waals surface area contributed by atoms with Crippen molar-refractivity contribution in [2.75, 3.05) is 18.9 Å². The number of phosphoric ester groups is 1. The molecule has 2 aromatic heterocycles. The molecule has 35 heavy (non-hydrogen) atoms.